The van der Waals surface area contributed by atoms with Crippen LogP contribution in [0.4, 0.5) is 8.78 Å². The Morgan fingerprint density at radius 2 is 1.97 bits per heavy atom. The van der Waals surface area contributed by atoms with E-state index in [1.807, 2.05) is 0 Å². The summed E-state index contributed by atoms with van der Waals surface area (Å²) in [7, 11) is 0. The third-order valence-electron chi connectivity index (χ3n) is 8.44. The molecule has 7 unspecified atom stereocenters. The molecule has 30 heavy (non-hydrogen) atoms. The minimum absolute atomic E-state index is 0.0321. The molecule has 1 aromatic heterocycles. The van der Waals surface area contributed by atoms with Crippen molar-refractivity contribution in [3.05, 3.63) is 6.33 Å². The third kappa shape index (κ3) is 4.43. The Morgan fingerprint density at radius 3 is 2.70 bits per heavy atom. The SMILES string of the molecule is CC1CCC(C(=O)Cn2ncnn2)CCCC2C1CCC1CC(O)(C(F)F)CCC12. The Kier molecular flexibility index (Phi) is 6.51. The van der Waals surface area contributed by atoms with Crippen molar-refractivity contribution in [1.82, 2.24) is 20.2 Å². The predicted octanol–water partition coefficient (Wildman–Crippen LogP) is 3.90. The summed E-state index contributed by atoms with van der Waals surface area (Å²) in [6.45, 7) is 2.49. The van der Waals surface area contributed by atoms with Gasteiger partial charge in [-0.1, -0.05) is 13.3 Å². The lowest BCUT2D eigenvalue weighted by Gasteiger charge is -2.51. The predicted molar refractivity (Wildman–Crippen MR) is 107 cm³/mol. The van der Waals surface area contributed by atoms with Crippen molar-refractivity contribution >= 4 is 5.78 Å². The van der Waals surface area contributed by atoms with E-state index in [1.165, 1.54) is 11.1 Å². The number of aromatic nitrogens is 4. The zero-order chi connectivity index (χ0) is 21.3. The van der Waals surface area contributed by atoms with Crippen LogP contribution < -0.4 is 0 Å². The van der Waals surface area contributed by atoms with Gasteiger partial charge in [0.2, 0.25) is 0 Å². The van der Waals surface area contributed by atoms with E-state index in [9.17, 15) is 18.7 Å². The number of nitrogens with zero attached hydrogens (tertiary/aromatic N) is 4. The fourth-order valence-electron chi connectivity index (χ4n) is 6.78. The Balaban J connectivity index is 1.42. The van der Waals surface area contributed by atoms with Gasteiger partial charge in [-0.2, -0.15) is 4.80 Å². The van der Waals surface area contributed by atoms with Gasteiger partial charge in [-0.3, -0.25) is 4.79 Å². The first kappa shape index (κ1) is 21.8. The van der Waals surface area contributed by atoms with E-state index in [2.05, 4.69) is 22.3 Å². The van der Waals surface area contributed by atoms with E-state index in [1.54, 1.807) is 0 Å². The molecule has 4 rings (SSSR count). The zero-order valence-corrected chi connectivity index (χ0v) is 17.8. The van der Waals surface area contributed by atoms with E-state index in [4.69, 9.17) is 0 Å². The summed E-state index contributed by atoms with van der Waals surface area (Å²) < 4.78 is 26.8. The van der Waals surface area contributed by atoms with Crippen molar-refractivity contribution in [2.24, 2.45) is 35.5 Å². The number of hydrogen-bond donors (Lipinski definition) is 1. The first-order valence-corrected chi connectivity index (χ1v) is 11.6. The maximum Gasteiger partial charge on any atom is 0.266 e. The van der Waals surface area contributed by atoms with Gasteiger partial charge in [-0.15, -0.1) is 10.2 Å². The maximum absolute atomic E-state index is 13.4. The summed E-state index contributed by atoms with van der Waals surface area (Å²) in [4.78, 5) is 14.2. The second kappa shape index (κ2) is 8.97. The molecule has 0 radical (unpaired) electrons. The Labute approximate surface area is 176 Å². The summed E-state index contributed by atoms with van der Waals surface area (Å²) in [5, 5.41) is 21.8. The number of tetrazole rings is 1. The second-order valence-electron chi connectivity index (χ2n) is 10.1. The van der Waals surface area contributed by atoms with Crippen LogP contribution in [0.3, 0.4) is 0 Å². The highest BCUT2D eigenvalue weighted by molar-refractivity contribution is 5.80. The minimum Gasteiger partial charge on any atom is -0.384 e. The smallest absolute Gasteiger partial charge is 0.266 e. The highest BCUT2D eigenvalue weighted by Crippen LogP contribution is 2.54. The number of halogens is 2. The third-order valence-corrected chi connectivity index (χ3v) is 8.44. The topological polar surface area (TPSA) is 80.9 Å². The van der Waals surface area contributed by atoms with Crippen LogP contribution in [-0.2, 0) is 11.3 Å². The quantitative estimate of drug-likeness (QED) is 0.793. The van der Waals surface area contributed by atoms with Crippen molar-refractivity contribution in [3.63, 3.8) is 0 Å². The fourth-order valence-corrected chi connectivity index (χ4v) is 6.78. The van der Waals surface area contributed by atoms with Gasteiger partial charge in [0.25, 0.3) is 6.43 Å². The van der Waals surface area contributed by atoms with Gasteiger partial charge < -0.3 is 5.11 Å². The van der Waals surface area contributed by atoms with Crippen LogP contribution in [0.15, 0.2) is 6.33 Å². The molecule has 7 atom stereocenters. The number of carbonyl (C=O) groups is 1. The number of alkyl halides is 2. The van der Waals surface area contributed by atoms with Crippen molar-refractivity contribution in [2.75, 3.05) is 0 Å². The first-order chi connectivity index (χ1) is 14.4. The molecule has 0 aliphatic heterocycles. The van der Waals surface area contributed by atoms with Crippen molar-refractivity contribution in [2.45, 2.75) is 89.7 Å². The van der Waals surface area contributed by atoms with E-state index in [0.717, 1.165) is 44.9 Å². The molecule has 8 heteroatoms. The van der Waals surface area contributed by atoms with Crippen molar-refractivity contribution < 1.29 is 18.7 Å². The van der Waals surface area contributed by atoms with Crippen LogP contribution in [0, 0.1) is 35.5 Å². The lowest BCUT2D eigenvalue weighted by Crippen LogP contribution is -2.49. The monoisotopic (exact) mass is 424 g/mol. The molecule has 3 aliphatic rings. The van der Waals surface area contributed by atoms with Gasteiger partial charge in [0.05, 0.1) is 0 Å². The summed E-state index contributed by atoms with van der Waals surface area (Å²) in [5.74, 6) is 2.54. The average Bonchev–Trinajstić information content (AvgIpc) is 3.24. The molecule has 0 aromatic carbocycles. The number of hydrogen-bond acceptors (Lipinski definition) is 5. The highest BCUT2D eigenvalue weighted by atomic mass is 19.3. The Morgan fingerprint density at radius 1 is 1.13 bits per heavy atom. The van der Waals surface area contributed by atoms with Gasteiger partial charge in [0.1, 0.15) is 12.1 Å². The molecule has 3 aliphatic carbocycles. The Bertz CT molecular complexity index is 716. The maximum atomic E-state index is 13.4. The molecule has 1 N–H and O–H groups in total. The number of rotatable bonds is 4. The normalized spacial score (nSPS) is 40.0. The molecular weight excluding hydrogens is 390 g/mol. The number of ketones is 1. The molecule has 0 spiro atoms. The number of fused-ring (bicyclic) bond motifs is 3. The van der Waals surface area contributed by atoms with Crippen molar-refractivity contribution in [3.8, 4) is 0 Å². The van der Waals surface area contributed by atoms with Gasteiger partial charge in [-0.05, 0) is 92.6 Å². The molecule has 6 nitrogen and oxygen atoms in total. The van der Waals surface area contributed by atoms with E-state index in [0.29, 0.717) is 30.1 Å². The number of aliphatic hydroxyl groups is 1. The molecule has 3 fully saturated rings. The molecule has 0 saturated heterocycles. The minimum atomic E-state index is -2.65. The largest absolute Gasteiger partial charge is 0.384 e. The summed E-state index contributed by atoms with van der Waals surface area (Å²) >= 11 is 0. The second-order valence-corrected chi connectivity index (χ2v) is 10.1. The van der Waals surface area contributed by atoms with Crippen LogP contribution in [0.1, 0.15) is 71.1 Å². The van der Waals surface area contributed by atoms with Crippen LogP contribution in [0.2, 0.25) is 0 Å². The molecule has 0 bridgehead atoms. The average molecular weight is 425 g/mol. The summed E-state index contributed by atoms with van der Waals surface area (Å²) in [5.41, 5.74) is -1.79. The van der Waals surface area contributed by atoms with Gasteiger partial charge in [0.15, 0.2) is 12.1 Å². The van der Waals surface area contributed by atoms with E-state index < -0.39 is 12.0 Å². The number of Topliss-reactive ketones (excluding diaryl/α,β-unsaturated/α-hetero) is 1. The fraction of sp³-hybridized carbons (Fsp3) is 0.909. The lowest BCUT2D eigenvalue weighted by molar-refractivity contribution is -0.151. The number of carbonyl (C=O) groups excluding carboxylic acids is 1. The standard InChI is InChI=1S/C22H34F2N4O2/c1-14-5-6-15(20(29)12-28-26-13-25-27-28)3-2-4-19-17(14)8-7-16-11-22(30,21(23)24)10-9-18(16)19/h13-19,21,30H,2-12H2,1H3. The van der Waals surface area contributed by atoms with Crippen LogP contribution >= 0.6 is 0 Å². The molecule has 1 heterocycles. The summed E-state index contributed by atoms with van der Waals surface area (Å²) in [6.07, 6.45) is 6.75. The van der Waals surface area contributed by atoms with E-state index >= 15 is 0 Å². The van der Waals surface area contributed by atoms with Gasteiger partial charge in [0, 0.05) is 5.92 Å². The zero-order valence-electron chi connectivity index (χ0n) is 17.8. The van der Waals surface area contributed by atoms with Crippen LogP contribution in [0.25, 0.3) is 0 Å². The molecule has 1 aromatic rings. The molecule has 0 amide bonds. The van der Waals surface area contributed by atoms with E-state index in [-0.39, 0.29) is 37.0 Å². The van der Waals surface area contributed by atoms with Gasteiger partial charge in [-0.25, -0.2) is 8.78 Å². The molecule has 3 saturated carbocycles. The first-order valence-electron chi connectivity index (χ1n) is 11.6. The van der Waals surface area contributed by atoms with Crippen LogP contribution in [0.5, 0.6) is 0 Å². The summed E-state index contributed by atoms with van der Waals surface area (Å²) in [6, 6.07) is 0. The lowest BCUT2D eigenvalue weighted by atomic mass is 9.56. The Hall–Kier alpha value is -1.44. The highest BCUT2D eigenvalue weighted by Gasteiger charge is 2.50. The molecule has 168 valence electrons. The molecular formula is C22H34F2N4O2. The van der Waals surface area contributed by atoms with Crippen LogP contribution in [-0.4, -0.2) is 43.1 Å². The van der Waals surface area contributed by atoms with Gasteiger partial charge >= 0.3 is 0 Å². The van der Waals surface area contributed by atoms with Crippen molar-refractivity contribution in [1.29, 1.82) is 0 Å².